The molecule has 0 aromatic carbocycles. The van der Waals surface area contributed by atoms with Crippen molar-refractivity contribution in [3.8, 4) is 0 Å². The Morgan fingerprint density at radius 2 is 2.33 bits per heavy atom. The zero-order valence-electron chi connectivity index (χ0n) is 8.82. The van der Waals surface area contributed by atoms with Gasteiger partial charge < -0.3 is 15.5 Å². The Balaban J connectivity index is 1.83. The van der Waals surface area contributed by atoms with Gasteiger partial charge in [0.25, 0.3) is 0 Å². The van der Waals surface area contributed by atoms with E-state index in [0.29, 0.717) is 29.6 Å². The van der Waals surface area contributed by atoms with Gasteiger partial charge in [0, 0.05) is 24.3 Å². The molecule has 5 nitrogen and oxygen atoms in total. The first kappa shape index (κ1) is 10.8. The highest BCUT2D eigenvalue weighted by Gasteiger charge is 2.41. The molecule has 2 rings (SSSR count). The van der Waals surface area contributed by atoms with Crippen molar-refractivity contribution in [3.05, 3.63) is 5.89 Å². The molecule has 1 aliphatic carbocycles. The molecular formula is C9H16N4OS. The summed E-state index contributed by atoms with van der Waals surface area (Å²) in [6.07, 6.45) is 5.32. The van der Waals surface area contributed by atoms with E-state index >= 15 is 0 Å². The number of rotatable bonds is 6. The van der Waals surface area contributed by atoms with Crippen molar-refractivity contribution in [1.29, 1.82) is 0 Å². The Hall–Kier alpha value is -0.750. The lowest BCUT2D eigenvalue weighted by molar-refractivity contribution is 0.505. The lowest BCUT2D eigenvalue weighted by Crippen LogP contribution is -2.17. The third-order valence-electron chi connectivity index (χ3n) is 2.63. The molecule has 0 atom stereocenters. The lowest BCUT2D eigenvalue weighted by atomic mass is 10.4. The SMILES string of the molecule is CSC1(CNc2nnc(CCN)o2)CC1. The number of hydrogen-bond acceptors (Lipinski definition) is 6. The maximum absolute atomic E-state index is 5.39. The maximum Gasteiger partial charge on any atom is 0.315 e. The van der Waals surface area contributed by atoms with Crippen molar-refractivity contribution in [2.75, 3.05) is 24.7 Å². The monoisotopic (exact) mass is 228 g/mol. The van der Waals surface area contributed by atoms with Crippen LogP contribution in [0.2, 0.25) is 0 Å². The molecule has 0 bridgehead atoms. The van der Waals surface area contributed by atoms with Crippen LogP contribution in [0.1, 0.15) is 18.7 Å². The minimum atomic E-state index is 0.405. The Bertz CT molecular complexity index is 324. The normalized spacial score (nSPS) is 17.7. The molecule has 84 valence electrons. The quantitative estimate of drug-likeness (QED) is 0.752. The molecule has 3 N–H and O–H groups in total. The summed E-state index contributed by atoms with van der Waals surface area (Å²) < 4.78 is 5.77. The fraction of sp³-hybridized carbons (Fsp3) is 0.778. The standard InChI is InChI=1S/C9H16N4OS/c1-15-9(3-4-9)6-11-8-13-12-7(14-8)2-5-10/h2-6,10H2,1H3,(H,11,13). The van der Waals surface area contributed by atoms with Crippen LogP contribution in [0.5, 0.6) is 0 Å². The fourth-order valence-corrected chi connectivity index (χ4v) is 2.11. The van der Waals surface area contributed by atoms with Gasteiger partial charge in [-0.05, 0) is 19.1 Å². The van der Waals surface area contributed by atoms with Crippen LogP contribution in [0.15, 0.2) is 4.42 Å². The highest BCUT2D eigenvalue weighted by molar-refractivity contribution is 8.00. The van der Waals surface area contributed by atoms with Crippen LogP contribution in [0.3, 0.4) is 0 Å². The average Bonchev–Trinajstić information content (AvgIpc) is 2.91. The van der Waals surface area contributed by atoms with E-state index in [-0.39, 0.29) is 0 Å². The van der Waals surface area contributed by atoms with Crippen molar-refractivity contribution >= 4 is 17.8 Å². The van der Waals surface area contributed by atoms with Gasteiger partial charge in [0.05, 0.1) is 0 Å². The molecule has 0 spiro atoms. The van der Waals surface area contributed by atoms with Gasteiger partial charge in [-0.15, -0.1) is 5.10 Å². The molecule has 0 saturated heterocycles. The molecule has 0 unspecified atom stereocenters. The molecule has 1 aromatic rings. The van der Waals surface area contributed by atoms with Crippen LogP contribution >= 0.6 is 11.8 Å². The van der Waals surface area contributed by atoms with Crippen LogP contribution in [0.25, 0.3) is 0 Å². The molecule has 1 aliphatic rings. The molecule has 0 aliphatic heterocycles. The van der Waals surface area contributed by atoms with Crippen molar-refractivity contribution in [2.45, 2.75) is 24.0 Å². The number of aromatic nitrogens is 2. The van der Waals surface area contributed by atoms with Crippen LogP contribution in [-0.4, -0.2) is 34.3 Å². The van der Waals surface area contributed by atoms with E-state index in [1.165, 1.54) is 12.8 Å². The number of thioether (sulfide) groups is 1. The van der Waals surface area contributed by atoms with Crippen molar-refractivity contribution in [3.63, 3.8) is 0 Å². The molecule has 1 aromatic heterocycles. The summed E-state index contributed by atoms with van der Waals surface area (Å²) in [5.74, 6) is 0.606. The van der Waals surface area contributed by atoms with E-state index in [9.17, 15) is 0 Å². The highest BCUT2D eigenvalue weighted by atomic mass is 32.2. The Labute approximate surface area is 93.2 Å². The Morgan fingerprint density at radius 3 is 2.93 bits per heavy atom. The Kier molecular flexibility index (Phi) is 3.16. The van der Waals surface area contributed by atoms with Gasteiger partial charge in [-0.3, -0.25) is 0 Å². The van der Waals surface area contributed by atoms with E-state index in [0.717, 1.165) is 6.54 Å². The molecule has 1 saturated carbocycles. The van der Waals surface area contributed by atoms with E-state index in [1.807, 2.05) is 11.8 Å². The third kappa shape index (κ3) is 2.63. The van der Waals surface area contributed by atoms with E-state index in [2.05, 4.69) is 21.8 Å². The smallest absolute Gasteiger partial charge is 0.315 e. The second-order valence-electron chi connectivity index (χ2n) is 3.78. The van der Waals surface area contributed by atoms with Crippen LogP contribution < -0.4 is 11.1 Å². The summed E-state index contributed by atoms with van der Waals surface area (Å²) in [7, 11) is 0. The minimum Gasteiger partial charge on any atom is -0.408 e. The fourth-order valence-electron chi connectivity index (χ4n) is 1.38. The van der Waals surface area contributed by atoms with E-state index < -0.39 is 0 Å². The van der Waals surface area contributed by atoms with Gasteiger partial charge in [0.1, 0.15) is 0 Å². The number of nitrogens with two attached hydrogens (primary N) is 1. The van der Waals surface area contributed by atoms with Crippen LogP contribution in [0.4, 0.5) is 6.01 Å². The third-order valence-corrected chi connectivity index (χ3v) is 4.05. The molecule has 0 radical (unpaired) electrons. The van der Waals surface area contributed by atoms with Gasteiger partial charge in [-0.1, -0.05) is 5.10 Å². The summed E-state index contributed by atoms with van der Waals surface area (Å²) in [5.41, 5.74) is 5.39. The Morgan fingerprint density at radius 1 is 1.53 bits per heavy atom. The van der Waals surface area contributed by atoms with Gasteiger partial charge in [0.15, 0.2) is 0 Å². The van der Waals surface area contributed by atoms with E-state index in [4.69, 9.17) is 10.2 Å². The number of hydrogen-bond donors (Lipinski definition) is 2. The largest absolute Gasteiger partial charge is 0.408 e. The predicted octanol–water partition coefficient (Wildman–Crippen LogP) is 0.878. The molecule has 1 fully saturated rings. The molecule has 1 heterocycles. The second kappa shape index (κ2) is 4.40. The number of anilines is 1. The van der Waals surface area contributed by atoms with Gasteiger partial charge in [-0.2, -0.15) is 11.8 Å². The summed E-state index contributed by atoms with van der Waals surface area (Å²) in [6, 6.07) is 0.513. The zero-order chi connectivity index (χ0) is 10.7. The van der Waals surface area contributed by atoms with Crippen LogP contribution in [-0.2, 0) is 6.42 Å². The first-order valence-corrected chi connectivity index (χ1v) is 6.32. The summed E-state index contributed by atoms with van der Waals surface area (Å²) in [6.45, 7) is 1.44. The lowest BCUT2D eigenvalue weighted by Gasteiger charge is -2.10. The van der Waals surface area contributed by atoms with Gasteiger partial charge in [0.2, 0.25) is 5.89 Å². The van der Waals surface area contributed by atoms with Crippen molar-refractivity contribution in [1.82, 2.24) is 10.2 Å². The van der Waals surface area contributed by atoms with Gasteiger partial charge >= 0.3 is 6.01 Å². The summed E-state index contributed by atoms with van der Waals surface area (Å²) in [4.78, 5) is 0. The first-order chi connectivity index (χ1) is 7.28. The predicted molar refractivity (Wildman–Crippen MR) is 61.0 cm³/mol. The molecular weight excluding hydrogens is 212 g/mol. The van der Waals surface area contributed by atoms with Crippen molar-refractivity contribution < 1.29 is 4.42 Å². The molecule has 0 amide bonds. The summed E-state index contributed by atoms with van der Waals surface area (Å²) in [5, 5.41) is 11.0. The second-order valence-corrected chi connectivity index (χ2v) is 5.05. The van der Waals surface area contributed by atoms with E-state index in [1.54, 1.807) is 0 Å². The van der Waals surface area contributed by atoms with Crippen molar-refractivity contribution in [2.24, 2.45) is 5.73 Å². The molecule has 15 heavy (non-hydrogen) atoms. The maximum atomic E-state index is 5.39. The zero-order valence-corrected chi connectivity index (χ0v) is 9.64. The number of nitrogens with one attached hydrogen (secondary N) is 1. The number of nitrogens with zero attached hydrogens (tertiary/aromatic N) is 2. The minimum absolute atomic E-state index is 0.405. The highest BCUT2D eigenvalue weighted by Crippen LogP contribution is 2.46. The average molecular weight is 228 g/mol. The molecule has 6 heteroatoms. The topological polar surface area (TPSA) is 77.0 Å². The van der Waals surface area contributed by atoms with Crippen LogP contribution in [0, 0.1) is 0 Å². The summed E-state index contributed by atoms with van der Waals surface area (Å²) >= 11 is 1.90. The first-order valence-electron chi connectivity index (χ1n) is 5.09. The van der Waals surface area contributed by atoms with Gasteiger partial charge in [-0.25, -0.2) is 0 Å².